The Morgan fingerprint density at radius 3 is 2.71 bits per heavy atom. The maximum Gasteiger partial charge on any atom is 0.256 e. The lowest BCUT2D eigenvalue weighted by atomic mass is 10.1. The SMILES string of the molecule is COc1cc(Cl)ccc1C(=O)NC(C)(C)C#N. The van der Waals surface area contributed by atoms with E-state index in [4.69, 9.17) is 21.6 Å². The number of nitrogens with zero attached hydrogens (tertiary/aromatic N) is 1. The summed E-state index contributed by atoms with van der Waals surface area (Å²) in [6.45, 7) is 3.24. The summed E-state index contributed by atoms with van der Waals surface area (Å²) in [7, 11) is 1.46. The van der Waals surface area contributed by atoms with Gasteiger partial charge < -0.3 is 10.1 Å². The van der Waals surface area contributed by atoms with Gasteiger partial charge in [0.05, 0.1) is 18.7 Å². The first-order valence-corrected chi connectivity index (χ1v) is 5.35. The van der Waals surface area contributed by atoms with Gasteiger partial charge in [0.25, 0.3) is 5.91 Å². The van der Waals surface area contributed by atoms with Gasteiger partial charge in [0.1, 0.15) is 11.3 Å². The van der Waals surface area contributed by atoms with E-state index < -0.39 is 5.54 Å². The first-order valence-electron chi connectivity index (χ1n) is 4.97. The number of nitrogens with one attached hydrogen (secondary N) is 1. The minimum Gasteiger partial charge on any atom is -0.496 e. The molecule has 0 saturated heterocycles. The molecule has 5 heteroatoms. The average Bonchev–Trinajstić information content (AvgIpc) is 2.28. The summed E-state index contributed by atoms with van der Waals surface area (Å²) in [6, 6.07) is 6.70. The van der Waals surface area contributed by atoms with Gasteiger partial charge in [-0.1, -0.05) is 11.6 Å². The molecule has 0 bridgehead atoms. The quantitative estimate of drug-likeness (QED) is 0.898. The zero-order valence-corrected chi connectivity index (χ0v) is 10.6. The van der Waals surface area contributed by atoms with Gasteiger partial charge in [-0.25, -0.2) is 0 Å². The Labute approximate surface area is 105 Å². The second kappa shape index (κ2) is 5.07. The molecule has 1 aromatic carbocycles. The van der Waals surface area contributed by atoms with Crippen LogP contribution in [0.3, 0.4) is 0 Å². The van der Waals surface area contributed by atoms with Crippen LogP contribution >= 0.6 is 11.6 Å². The van der Waals surface area contributed by atoms with Gasteiger partial charge in [-0.05, 0) is 32.0 Å². The first kappa shape index (κ1) is 13.3. The van der Waals surface area contributed by atoms with Gasteiger partial charge in [-0.3, -0.25) is 4.79 Å². The van der Waals surface area contributed by atoms with Crippen molar-refractivity contribution < 1.29 is 9.53 Å². The van der Waals surface area contributed by atoms with Crippen LogP contribution in [0.2, 0.25) is 5.02 Å². The second-order valence-electron chi connectivity index (χ2n) is 4.04. The van der Waals surface area contributed by atoms with Crippen LogP contribution in [-0.2, 0) is 0 Å². The van der Waals surface area contributed by atoms with Crippen molar-refractivity contribution >= 4 is 17.5 Å². The highest BCUT2D eigenvalue weighted by Crippen LogP contribution is 2.23. The molecule has 0 fully saturated rings. The molecule has 0 aliphatic rings. The summed E-state index contributed by atoms with van der Waals surface area (Å²) in [4.78, 5) is 11.9. The van der Waals surface area contributed by atoms with Crippen LogP contribution < -0.4 is 10.1 Å². The number of halogens is 1. The molecule has 4 nitrogen and oxygen atoms in total. The standard InChI is InChI=1S/C12H13ClN2O2/c1-12(2,7-14)15-11(16)9-5-4-8(13)6-10(9)17-3/h4-6H,1-3H3,(H,15,16). The maximum atomic E-state index is 11.9. The van der Waals surface area contributed by atoms with E-state index in [1.54, 1.807) is 32.0 Å². The first-order chi connectivity index (χ1) is 7.89. The Morgan fingerprint density at radius 2 is 2.18 bits per heavy atom. The highest BCUT2D eigenvalue weighted by molar-refractivity contribution is 6.30. The molecule has 0 atom stereocenters. The number of carbonyl (C=O) groups excluding carboxylic acids is 1. The second-order valence-corrected chi connectivity index (χ2v) is 4.47. The lowest BCUT2D eigenvalue weighted by molar-refractivity contribution is 0.0926. The molecular weight excluding hydrogens is 240 g/mol. The number of carbonyl (C=O) groups is 1. The third-order valence-corrected chi connectivity index (χ3v) is 2.35. The van der Waals surface area contributed by atoms with Crippen molar-refractivity contribution in [3.8, 4) is 11.8 Å². The van der Waals surface area contributed by atoms with Gasteiger partial charge in [-0.2, -0.15) is 5.26 Å². The summed E-state index contributed by atoms with van der Waals surface area (Å²) >= 11 is 5.80. The number of hydrogen-bond acceptors (Lipinski definition) is 3. The fraction of sp³-hybridized carbons (Fsp3) is 0.333. The van der Waals surface area contributed by atoms with Crippen LogP contribution in [0.1, 0.15) is 24.2 Å². The number of ether oxygens (including phenoxy) is 1. The third-order valence-electron chi connectivity index (χ3n) is 2.11. The monoisotopic (exact) mass is 252 g/mol. The molecule has 0 heterocycles. The van der Waals surface area contributed by atoms with Crippen molar-refractivity contribution in [2.45, 2.75) is 19.4 Å². The zero-order valence-electron chi connectivity index (χ0n) is 9.87. The summed E-state index contributed by atoms with van der Waals surface area (Å²) < 4.78 is 5.07. The smallest absolute Gasteiger partial charge is 0.256 e. The van der Waals surface area contributed by atoms with E-state index in [0.29, 0.717) is 16.3 Å². The number of hydrogen-bond donors (Lipinski definition) is 1. The van der Waals surface area contributed by atoms with Crippen molar-refractivity contribution in [2.24, 2.45) is 0 Å². The zero-order chi connectivity index (χ0) is 13.1. The molecule has 0 aromatic heterocycles. The number of methoxy groups -OCH3 is 1. The van der Waals surface area contributed by atoms with Crippen molar-refractivity contribution in [2.75, 3.05) is 7.11 Å². The van der Waals surface area contributed by atoms with Crippen LogP contribution in [0.5, 0.6) is 5.75 Å². The van der Waals surface area contributed by atoms with Crippen LogP contribution in [0, 0.1) is 11.3 Å². The van der Waals surface area contributed by atoms with Crippen LogP contribution in [0.4, 0.5) is 0 Å². The normalized spacial score (nSPS) is 10.5. The van der Waals surface area contributed by atoms with E-state index >= 15 is 0 Å². The molecule has 17 heavy (non-hydrogen) atoms. The maximum absolute atomic E-state index is 11.9. The third kappa shape index (κ3) is 3.36. The van der Waals surface area contributed by atoms with Crippen molar-refractivity contribution in [1.82, 2.24) is 5.32 Å². The van der Waals surface area contributed by atoms with E-state index in [9.17, 15) is 4.79 Å². The van der Waals surface area contributed by atoms with Gasteiger partial charge in [0.15, 0.2) is 0 Å². The van der Waals surface area contributed by atoms with Crippen LogP contribution in [0.15, 0.2) is 18.2 Å². The number of rotatable bonds is 3. The molecule has 0 unspecified atom stereocenters. The van der Waals surface area contributed by atoms with Crippen LogP contribution in [0.25, 0.3) is 0 Å². The lowest BCUT2D eigenvalue weighted by Gasteiger charge is -2.18. The summed E-state index contributed by atoms with van der Waals surface area (Å²) in [6.07, 6.45) is 0. The van der Waals surface area contributed by atoms with Crippen molar-refractivity contribution in [1.29, 1.82) is 5.26 Å². The molecule has 1 aromatic rings. The molecule has 0 aliphatic carbocycles. The van der Waals surface area contributed by atoms with E-state index in [1.807, 2.05) is 6.07 Å². The fourth-order valence-corrected chi connectivity index (χ4v) is 1.39. The fourth-order valence-electron chi connectivity index (χ4n) is 1.23. The summed E-state index contributed by atoms with van der Waals surface area (Å²) in [5.74, 6) is 0.00815. The van der Waals surface area contributed by atoms with Gasteiger partial charge >= 0.3 is 0 Å². The summed E-state index contributed by atoms with van der Waals surface area (Å²) in [5, 5.41) is 11.9. The molecular formula is C12H13ClN2O2. The molecule has 90 valence electrons. The molecule has 0 radical (unpaired) electrons. The molecule has 0 aliphatic heterocycles. The van der Waals surface area contributed by atoms with Gasteiger partial charge in [0, 0.05) is 5.02 Å². The Balaban J connectivity index is 3.02. The van der Waals surface area contributed by atoms with Gasteiger partial charge in [0.2, 0.25) is 0 Å². The number of benzene rings is 1. The molecule has 0 spiro atoms. The molecule has 1 amide bonds. The lowest BCUT2D eigenvalue weighted by Crippen LogP contribution is -2.42. The van der Waals surface area contributed by atoms with Crippen molar-refractivity contribution in [3.05, 3.63) is 28.8 Å². The molecule has 1 N–H and O–H groups in total. The Bertz CT molecular complexity index is 478. The number of nitriles is 1. The minimum absolute atomic E-state index is 0.347. The van der Waals surface area contributed by atoms with Gasteiger partial charge in [-0.15, -0.1) is 0 Å². The van der Waals surface area contributed by atoms with Crippen molar-refractivity contribution in [3.63, 3.8) is 0 Å². The van der Waals surface area contributed by atoms with E-state index in [-0.39, 0.29) is 5.91 Å². The van der Waals surface area contributed by atoms with E-state index in [1.165, 1.54) is 7.11 Å². The highest BCUT2D eigenvalue weighted by Gasteiger charge is 2.22. The Morgan fingerprint density at radius 1 is 1.53 bits per heavy atom. The minimum atomic E-state index is -0.929. The molecule has 1 rings (SSSR count). The Hall–Kier alpha value is -1.73. The molecule has 0 saturated carbocycles. The van der Waals surface area contributed by atoms with Crippen LogP contribution in [-0.4, -0.2) is 18.6 Å². The van der Waals surface area contributed by atoms with E-state index in [2.05, 4.69) is 5.32 Å². The average molecular weight is 253 g/mol. The number of amides is 1. The topological polar surface area (TPSA) is 62.1 Å². The van der Waals surface area contributed by atoms with E-state index in [0.717, 1.165) is 0 Å². The highest BCUT2D eigenvalue weighted by atomic mass is 35.5. The predicted octanol–water partition coefficient (Wildman–Crippen LogP) is 2.38. The largest absolute Gasteiger partial charge is 0.496 e. The predicted molar refractivity (Wildman–Crippen MR) is 65.2 cm³/mol. The summed E-state index contributed by atoms with van der Waals surface area (Å²) in [5.41, 5.74) is -0.581. The Kier molecular flexibility index (Phi) is 3.97.